The van der Waals surface area contributed by atoms with Crippen molar-refractivity contribution in [1.29, 1.82) is 0 Å². The van der Waals surface area contributed by atoms with Crippen molar-refractivity contribution in [2.45, 2.75) is 41.0 Å². The zero-order valence-corrected chi connectivity index (χ0v) is 9.40. The van der Waals surface area contributed by atoms with Gasteiger partial charge in [-0.2, -0.15) is 13.5 Å². The molecule has 0 fully saturated rings. The second-order valence-electron chi connectivity index (χ2n) is 2.03. The van der Waals surface area contributed by atoms with E-state index in [0.29, 0.717) is 5.92 Å². The molecule has 0 aromatic carbocycles. The molecule has 74 valence electrons. The van der Waals surface area contributed by atoms with Gasteiger partial charge in [-0.15, -0.1) is 11.3 Å². The molecule has 0 aliphatic carbocycles. The molecule has 0 spiro atoms. The molecule has 0 amide bonds. The van der Waals surface area contributed by atoms with Gasteiger partial charge in [-0.3, -0.25) is 0 Å². The van der Waals surface area contributed by atoms with Gasteiger partial charge >= 0.3 is 0 Å². The first-order valence-corrected chi connectivity index (χ1v) is 4.58. The van der Waals surface area contributed by atoms with Crippen LogP contribution >= 0.6 is 24.8 Å². The highest BCUT2D eigenvalue weighted by molar-refractivity contribution is 7.59. The first-order chi connectivity index (χ1) is 4.80. The monoisotopic (exact) mass is 207 g/mol. The summed E-state index contributed by atoms with van der Waals surface area (Å²) in [6.07, 6.45) is 1.85. The van der Waals surface area contributed by atoms with Crippen molar-refractivity contribution in [3.8, 4) is 0 Å². The predicted molar refractivity (Wildman–Crippen MR) is 64.7 cm³/mol. The minimum atomic E-state index is 0. The van der Waals surface area contributed by atoms with Crippen LogP contribution in [-0.4, -0.2) is 4.98 Å². The molecule has 1 nitrogen and oxygen atoms in total. The highest BCUT2D eigenvalue weighted by Crippen LogP contribution is 2.15. The van der Waals surface area contributed by atoms with Crippen molar-refractivity contribution in [3.05, 3.63) is 16.6 Å². The maximum absolute atomic E-state index is 4.13. The quantitative estimate of drug-likeness (QED) is 0.677. The first kappa shape index (κ1) is 17.9. The second-order valence-corrected chi connectivity index (χ2v) is 2.95. The number of hydrogen-bond acceptors (Lipinski definition) is 2. The van der Waals surface area contributed by atoms with Gasteiger partial charge in [-0.05, 0) is 0 Å². The van der Waals surface area contributed by atoms with Crippen molar-refractivity contribution in [2.75, 3.05) is 0 Å². The molecule has 0 atom stereocenters. The maximum Gasteiger partial charge on any atom is 0.0950 e. The molecule has 1 heterocycles. The van der Waals surface area contributed by atoms with Crippen LogP contribution in [0.2, 0.25) is 0 Å². The second kappa shape index (κ2) is 11.0. The Balaban J connectivity index is -0.000000189. The van der Waals surface area contributed by atoms with Crippen LogP contribution in [0.15, 0.2) is 11.6 Å². The van der Waals surface area contributed by atoms with Crippen LogP contribution in [0.4, 0.5) is 0 Å². The molecule has 0 bridgehead atoms. The molecule has 0 radical (unpaired) electrons. The molecule has 0 saturated carbocycles. The fourth-order valence-electron chi connectivity index (χ4n) is 0.520. The van der Waals surface area contributed by atoms with E-state index in [0.717, 1.165) is 0 Å². The van der Waals surface area contributed by atoms with Crippen molar-refractivity contribution < 1.29 is 0 Å². The third-order valence-corrected chi connectivity index (χ3v) is 2.02. The summed E-state index contributed by atoms with van der Waals surface area (Å²) in [5, 5.41) is 3.24. The average Bonchev–Trinajstić information content (AvgIpc) is 2.42. The fourth-order valence-corrected chi connectivity index (χ4v) is 1.17. The fraction of sp³-hybridized carbons (Fsp3) is 0.667. The van der Waals surface area contributed by atoms with Gasteiger partial charge in [0.05, 0.1) is 5.01 Å². The van der Waals surface area contributed by atoms with E-state index in [9.17, 15) is 0 Å². The van der Waals surface area contributed by atoms with Gasteiger partial charge in [0.25, 0.3) is 0 Å². The molecule has 0 unspecified atom stereocenters. The van der Waals surface area contributed by atoms with Crippen LogP contribution in [-0.2, 0) is 0 Å². The number of aromatic nitrogens is 1. The van der Waals surface area contributed by atoms with Crippen molar-refractivity contribution >= 4 is 24.8 Å². The number of hydrogen-bond donors (Lipinski definition) is 0. The molecule has 0 aliphatic rings. The Kier molecular flexibility index (Phi) is 16.4. The van der Waals surface area contributed by atoms with E-state index in [4.69, 9.17) is 0 Å². The SMILES string of the molecule is C.CC.CC(C)c1nccs1.S. The van der Waals surface area contributed by atoms with Gasteiger partial charge in [0.1, 0.15) is 0 Å². The third-order valence-electron chi connectivity index (χ3n) is 0.945. The Morgan fingerprint density at radius 1 is 1.33 bits per heavy atom. The zero-order valence-electron chi connectivity index (χ0n) is 7.59. The summed E-state index contributed by atoms with van der Waals surface area (Å²) >= 11 is 1.72. The average molecular weight is 207 g/mol. The van der Waals surface area contributed by atoms with Gasteiger partial charge in [0, 0.05) is 17.5 Å². The lowest BCUT2D eigenvalue weighted by atomic mass is 10.2. The smallest absolute Gasteiger partial charge is 0.0950 e. The van der Waals surface area contributed by atoms with Crippen LogP contribution in [0, 0.1) is 0 Å². The standard InChI is InChI=1S/C6H9NS.C2H6.CH4.H2S/c1-5(2)6-7-3-4-8-6;1-2;;/h3-5H,1-2H3;1-2H3;1H4;1H2. The number of rotatable bonds is 1. The molecule has 12 heavy (non-hydrogen) atoms. The largest absolute Gasteiger partial charge is 0.249 e. The van der Waals surface area contributed by atoms with E-state index in [2.05, 4.69) is 18.8 Å². The highest BCUT2D eigenvalue weighted by atomic mass is 32.1. The normalized spacial score (nSPS) is 7.42. The number of thiazole rings is 1. The summed E-state index contributed by atoms with van der Waals surface area (Å²) in [6, 6.07) is 0. The van der Waals surface area contributed by atoms with Crippen LogP contribution in [0.25, 0.3) is 0 Å². The molecule has 0 N–H and O–H groups in total. The summed E-state index contributed by atoms with van der Waals surface area (Å²) in [5.74, 6) is 0.593. The topological polar surface area (TPSA) is 12.9 Å². The Morgan fingerprint density at radius 2 is 1.83 bits per heavy atom. The Labute approximate surface area is 87.7 Å². The predicted octanol–water partition coefficient (Wildman–Crippen LogP) is 4.04. The Hall–Kier alpha value is -0.0200. The molecule has 1 rings (SSSR count). The van der Waals surface area contributed by atoms with Crippen LogP contribution in [0.3, 0.4) is 0 Å². The maximum atomic E-state index is 4.13. The highest BCUT2D eigenvalue weighted by Gasteiger charge is 1.97. The number of nitrogens with zero attached hydrogens (tertiary/aromatic N) is 1. The minimum absolute atomic E-state index is 0. The minimum Gasteiger partial charge on any atom is -0.249 e. The molecule has 0 saturated heterocycles. The van der Waals surface area contributed by atoms with E-state index in [1.807, 2.05) is 25.4 Å². The third kappa shape index (κ3) is 6.68. The van der Waals surface area contributed by atoms with E-state index < -0.39 is 0 Å². The van der Waals surface area contributed by atoms with E-state index in [-0.39, 0.29) is 20.9 Å². The van der Waals surface area contributed by atoms with E-state index in [1.54, 1.807) is 11.3 Å². The zero-order chi connectivity index (χ0) is 7.98. The molecule has 3 heteroatoms. The van der Waals surface area contributed by atoms with Gasteiger partial charge in [-0.1, -0.05) is 35.1 Å². The summed E-state index contributed by atoms with van der Waals surface area (Å²) in [6.45, 7) is 8.30. The lowest BCUT2D eigenvalue weighted by Gasteiger charge is -1.93. The summed E-state index contributed by atoms with van der Waals surface area (Å²) < 4.78 is 0. The van der Waals surface area contributed by atoms with Gasteiger partial charge < -0.3 is 0 Å². The van der Waals surface area contributed by atoms with Gasteiger partial charge in [0.2, 0.25) is 0 Å². The van der Waals surface area contributed by atoms with Gasteiger partial charge in [0.15, 0.2) is 0 Å². The summed E-state index contributed by atoms with van der Waals surface area (Å²) in [4.78, 5) is 4.13. The van der Waals surface area contributed by atoms with Crippen molar-refractivity contribution in [2.24, 2.45) is 0 Å². The lowest BCUT2D eigenvalue weighted by molar-refractivity contribution is 0.852. The molecule has 1 aromatic heterocycles. The molecule has 0 aliphatic heterocycles. The Morgan fingerprint density at radius 3 is 2.00 bits per heavy atom. The van der Waals surface area contributed by atoms with E-state index >= 15 is 0 Å². The lowest BCUT2D eigenvalue weighted by Crippen LogP contribution is -1.81. The molecular formula is C9H21NS2. The van der Waals surface area contributed by atoms with Crippen LogP contribution in [0.5, 0.6) is 0 Å². The Bertz CT molecular complexity index is 148. The van der Waals surface area contributed by atoms with Gasteiger partial charge in [-0.25, -0.2) is 4.98 Å². The van der Waals surface area contributed by atoms with E-state index in [1.165, 1.54) is 5.01 Å². The van der Waals surface area contributed by atoms with Crippen molar-refractivity contribution in [1.82, 2.24) is 4.98 Å². The summed E-state index contributed by atoms with van der Waals surface area (Å²) in [7, 11) is 0. The van der Waals surface area contributed by atoms with Crippen LogP contribution < -0.4 is 0 Å². The summed E-state index contributed by atoms with van der Waals surface area (Å²) in [5.41, 5.74) is 0. The van der Waals surface area contributed by atoms with Crippen LogP contribution in [0.1, 0.15) is 46.0 Å². The van der Waals surface area contributed by atoms with Crippen molar-refractivity contribution in [3.63, 3.8) is 0 Å². The first-order valence-electron chi connectivity index (χ1n) is 3.70. The molecule has 1 aromatic rings. The molecular weight excluding hydrogens is 186 g/mol.